The summed E-state index contributed by atoms with van der Waals surface area (Å²) in [6.07, 6.45) is 3.36. The van der Waals surface area contributed by atoms with E-state index >= 15 is 0 Å². The van der Waals surface area contributed by atoms with Gasteiger partial charge in [-0.25, -0.2) is 4.39 Å². The van der Waals surface area contributed by atoms with E-state index in [1.54, 1.807) is 18.5 Å². The summed E-state index contributed by atoms with van der Waals surface area (Å²) in [6.45, 7) is 0.639. The molecule has 2 heterocycles. The molecule has 1 amide bonds. The molecule has 0 unspecified atom stereocenters. The van der Waals surface area contributed by atoms with Gasteiger partial charge >= 0.3 is 0 Å². The van der Waals surface area contributed by atoms with Crippen molar-refractivity contribution < 1.29 is 9.18 Å². The summed E-state index contributed by atoms with van der Waals surface area (Å²) in [5.74, 6) is -0.628. The van der Waals surface area contributed by atoms with Crippen LogP contribution >= 0.6 is 0 Å². The van der Waals surface area contributed by atoms with Crippen molar-refractivity contribution in [1.29, 1.82) is 0 Å². The molecule has 6 heteroatoms. The highest BCUT2D eigenvalue weighted by atomic mass is 19.1. The van der Waals surface area contributed by atoms with Gasteiger partial charge in [-0.2, -0.15) is 0 Å². The molecule has 0 fully saturated rings. The lowest BCUT2D eigenvalue weighted by atomic mass is 10.1. The average molecular weight is 360 g/mol. The normalized spacial score (nSPS) is 14.0. The quantitative estimate of drug-likeness (QED) is 0.596. The zero-order chi connectivity index (χ0) is 18.6. The summed E-state index contributed by atoms with van der Waals surface area (Å²) >= 11 is 0. The standard InChI is InChI=1S/C21H17FN4O/c22-14-4-9-20-18(11-14)19(21(27)26-20)13-25-16-7-5-15(6-8-16)24-12-17-3-1-2-10-23-17/h1-11,13,24-25H,12H2,(H,26,27)/b19-13+. The van der Waals surface area contributed by atoms with Crippen molar-refractivity contribution in [3.05, 3.63) is 90.1 Å². The van der Waals surface area contributed by atoms with Crippen LogP contribution in [-0.2, 0) is 11.3 Å². The smallest absolute Gasteiger partial charge is 0.257 e. The second kappa shape index (κ2) is 7.29. The number of hydrogen-bond acceptors (Lipinski definition) is 4. The molecule has 27 heavy (non-hydrogen) atoms. The molecule has 2 aromatic carbocycles. The Morgan fingerprint density at radius 3 is 2.63 bits per heavy atom. The Morgan fingerprint density at radius 1 is 1.04 bits per heavy atom. The Bertz CT molecular complexity index is 1000. The van der Waals surface area contributed by atoms with Crippen LogP contribution in [-0.4, -0.2) is 10.9 Å². The van der Waals surface area contributed by atoms with E-state index in [0.29, 0.717) is 23.4 Å². The minimum absolute atomic E-state index is 0.253. The Morgan fingerprint density at radius 2 is 1.85 bits per heavy atom. The third kappa shape index (κ3) is 3.79. The van der Waals surface area contributed by atoms with Crippen LogP contribution in [0.4, 0.5) is 21.5 Å². The van der Waals surface area contributed by atoms with Gasteiger partial charge in [0.1, 0.15) is 5.82 Å². The second-order valence-corrected chi connectivity index (χ2v) is 6.10. The molecule has 1 aliphatic rings. The monoisotopic (exact) mass is 360 g/mol. The van der Waals surface area contributed by atoms with Gasteiger partial charge < -0.3 is 16.0 Å². The molecule has 4 rings (SSSR count). The molecule has 0 aliphatic carbocycles. The second-order valence-electron chi connectivity index (χ2n) is 6.10. The van der Waals surface area contributed by atoms with Crippen molar-refractivity contribution in [3.63, 3.8) is 0 Å². The van der Waals surface area contributed by atoms with Gasteiger partial charge in [-0.05, 0) is 54.6 Å². The fourth-order valence-corrected chi connectivity index (χ4v) is 2.84. The first kappa shape index (κ1) is 16.8. The number of anilines is 3. The first-order chi connectivity index (χ1) is 13.2. The Hall–Kier alpha value is -3.67. The van der Waals surface area contributed by atoms with Crippen molar-refractivity contribution >= 4 is 28.5 Å². The van der Waals surface area contributed by atoms with Gasteiger partial charge in [-0.1, -0.05) is 6.07 Å². The Kier molecular flexibility index (Phi) is 4.53. The van der Waals surface area contributed by atoms with Crippen LogP contribution in [0.5, 0.6) is 0 Å². The number of fused-ring (bicyclic) bond motifs is 1. The number of hydrogen-bond donors (Lipinski definition) is 3. The maximum absolute atomic E-state index is 13.5. The fraction of sp³-hybridized carbons (Fsp3) is 0.0476. The molecule has 1 aromatic heterocycles. The van der Waals surface area contributed by atoms with Crippen molar-refractivity contribution in [2.24, 2.45) is 0 Å². The highest BCUT2D eigenvalue weighted by molar-refractivity contribution is 6.31. The first-order valence-electron chi connectivity index (χ1n) is 8.51. The van der Waals surface area contributed by atoms with Crippen molar-refractivity contribution in [2.45, 2.75) is 6.54 Å². The number of carbonyl (C=O) groups excluding carboxylic acids is 1. The molecule has 134 valence electrons. The van der Waals surface area contributed by atoms with Gasteiger partial charge in [0.05, 0.1) is 17.8 Å². The highest BCUT2D eigenvalue weighted by Crippen LogP contribution is 2.32. The molecule has 1 aliphatic heterocycles. The Labute approximate surface area is 156 Å². The molecule has 3 N–H and O–H groups in total. The SMILES string of the molecule is O=C1Nc2ccc(F)cc2/C1=C\Nc1ccc(NCc2ccccn2)cc1. The number of halogens is 1. The van der Waals surface area contributed by atoms with Gasteiger partial charge in [0.25, 0.3) is 5.91 Å². The molecule has 0 saturated carbocycles. The average Bonchev–Trinajstić information content (AvgIpc) is 3.01. The fourth-order valence-electron chi connectivity index (χ4n) is 2.84. The van der Waals surface area contributed by atoms with E-state index in [-0.39, 0.29) is 11.7 Å². The van der Waals surface area contributed by atoms with Crippen LogP contribution < -0.4 is 16.0 Å². The number of pyridine rings is 1. The number of amides is 1. The lowest BCUT2D eigenvalue weighted by Crippen LogP contribution is -2.05. The largest absolute Gasteiger partial charge is 0.379 e. The van der Waals surface area contributed by atoms with E-state index in [0.717, 1.165) is 17.1 Å². The summed E-state index contributed by atoms with van der Waals surface area (Å²) in [7, 11) is 0. The Balaban J connectivity index is 1.43. The van der Waals surface area contributed by atoms with Crippen LogP contribution in [0.1, 0.15) is 11.3 Å². The van der Waals surface area contributed by atoms with Gasteiger partial charge in [0.2, 0.25) is 0 Å². The number of nitrogens with zero attached hydrogens (tertiary/aromatic N) is 1. The lowest BCUT2D eigenvalue weighted by molar-refractivity contribution is -0.110. The lowest BCUT2D eigenvalue weighted by Gasteiger charge is -2.07. The van der Waals surface area contributed by atoms with Crippen molar-refractivity contribution in [2.75, 3.05) is 16.0 Å². The predicted molar refractivity (Wildman–Crippen MR) is 105 cm³/mol. The number of rotatable bonds is 5. The number of nitrogens with one attached hydrogen (secondary N) is 3. The minimum atomic E-state index is -0.375. The van der Waals surface area contributed by atoms with E-state index in [1.165, 1.54) is 12.1 Å². The van der Waals surface area contributed by atoms with Gasteiger partial charge in [-0.3, -0.25) is 9.78 Å². The van der Waals surface area contributed by atoms with E-state index in [9.17, 15) is 9.18 Å². The minimum Gasteiger partial charge on any atom is -0.379 e. The molecule has 0 saturated heterocycles. The van der Waals surface area contributed by atoms with E-state index in [1.807, 2.05) is 42.5 Å². The predicted octanol–water partition coefficient (Wildman–Crippen LogP) is 4.24. The van der Waals surface area contributed by atoms with Crippen LogP contribution in [0.25, 0.3) is 5.57 Å². The summed E-state index contributed by atoms with van der Waals surface area (Å²) in [4.78, 5) is 16.3. The summed E-state index contributed by atoms with van der Waals surface area (Å²) in [5, 5.41) is 9.12. The molecule has 5 nitrogen and oxygen atoms in total. The maximum atomic E-state index is 13.5. The molecule has 0 bridgehead atoms. The molecule has 0 spiro atoms. The number of aromatic nitrogens is 1. The topological polar surface area (TPSA) is 66.1 Å². The zero-order valence-electron chi connectivity index (χ0n) is 14.4. The summed E-state index contributed by atoms with van der Waals surface area (Å²) in [6, 6.07) is 17.7. The van der Waals surface area contributed by atoms with Gasteiger partial charge in [0, 0.05) is 35.0 Å². The van der Waals surface area contributed by atoms with E-state index in [4.69, 9.17) is 0 Å². The highest BCUT2D eigenvalue weighted by Gasteiger charge is 2.24. The van der Waals surface area contributed by atoms with Crippen LogP contribution in [0.2, 0.25) is 0 Å². The number of benzene rings is 2. The van der Waals surface area contributed by atoms with Gasteiger partial charge in [0.15, 0.2) is 0 Å². The van der Waals surface area contributed by atoms with E-state index in [2.05, 4.69) is 20.9 Å². The van der Waals surface area contributed by atoms with Gasteiger partial charge in [-0.15, -0.1) is 0 Å². The maximum Gasteiger partial charge on any atom is 0.257 e. The summed E-state index contributed by atoms with van der Waals surface area (Å²) < 4.78 is 13.5. The molecule has 0 radical (unpaired) electrons. The molecule has 0 atom stereocenters. The summed E-state index contributed by atoms with van der Waals surface area (Å²) in [5.41, 5.74) is 4.32. The molecule has 3 aromatic rings. The molecular weight excluding hydrogens is 343 g/mol. The number of carbonyl (C=O) groups is 1. The van der Waals surface area contributed by atoms with Crippen LogP contribution in [0, 0.1) is 5.82 Å². The van der Waals surface area contributed by atoms with Crippen LogP contribution in [0.15, 0.2) is 73.1 Å². The zero-order valence-corrected chi connectivity index (χ0v) is 14.4. The van der Waals surface area contributed by atoms with E-state index < -0.39 is 0 Å². The van der Waals surface area contributed by atoms with Crippen molar-refractivity contribution in [1.82, 2.24) is 4.98 Å². The first-order valence-corrected chi connectivity index (χ1v) is 8.51. The van der Waals surface area contributed by atoms with Crippen LogP contribution in [0.3, 0.4) is 0 Å². The van der Waals surface area contributed by atoms with Crippen molar-refractivity contribution in [3.8, 4) is 0 Å². The molecular formula is C21H17FN4O. The third-order valence-electron chi connectivity index (χ3n) is 4.23. The third-order valence-corrected chi connectivity index (χ3v) is 4.23.